The van der Waals surface area contributed by atoms with E-state index in [9.17, 15) is 4.79 Å². The molecule has 1 heterocycles. The van der Waals surface area contributed by atoms with Crippen LogP contribution in [0.2, 0.25) is 0 Å². The Hall–Kier alpha value is -3.08. The van der Waals surface area contributed by atoms with Gasteiger partial charge in [0, 0.05) is 17.2 Å². The molecule has 1 N–H and O–H groups in total. The highest BCUT2D eigenvalue weighted by atomic mass is 16.6. The lowest BCUT2D eigenvalue weighted by molar-refractivity contribution is 0.210. The Kier molecular flexibility index (Phi) is 5.04. The summed E-state index contributed by atoms with van der Waals surface area (Å²) in [5, 5.41) is 7.43. The molecule has 0 bridgehead atoms. The van der Waals surface area contributed by atoms with Gasteiger partial charge in [-0.1, -0.05) is 56.7 Å². The van der Waals surface area contributed by atoms with Crippen LogP contribution in [-0.4, -0.2) is 16.3 Å². The van der Waals surface area contributed by atoms with Crippen molar-refractivity contribution in [1.29, 1.82) is 0 Å². The van der Waals surface area contributed by atoms with Gasteiger partial charge in [0.1, 0.15) is 5.75 Å². The molecule has 1 amide bonds. The quantitative estimate of drug-likeness (QED) is 0.653. The van der Waals surface area contributed by atoms with Crippen LogP contribution < -0.4 is 9.64 Å². The van der Waals surface area contributed by atoms with Crippen molar-refractivity contribution in [1.82, 2.24) is 10.2 Å². The zero-order chi connectivity index (χ0) is 19.6. The summed E-state index contributed by atoms with van der Waals surface area (Å²) in [7, 11) is 0. The van der Waals surface area contributed by atoms with Crippen molar-refractivity contribution in [2.24, 2.45) is 0 Å². The smallest absolute Gasteiger partial charge is 0.410 e. The third-order valence-corrected chi connectivity index (χ3v) is 4.33. The van der Waals surface area contributed by atoms with Crippen molar-refractivity contribution in [2.45, 2.75) is 40.0 Å². The fourth-order valence-electron chi connectivity index (χ4n) is 2.82. The van der Waals surface area contributed by atoms with Gasteiger partial charge in [-0.3, -0.25) is 5.10 Å². The zero-order valence-corrected chi connectivity index (χ0v) is 16.4. The van der Waals surface area contributed by atoms with Crippen LogP contribution in [-0.2, 0) is 5.41 Å². The molecule has 5 heteroatoms. The summed E-state index contributed by atoms with van der Waals surface area (Å²) in [6, 6.07) is 16.9. The SMILES string of the molecule is Cc1ccc(N(C(=O)Oc2ccccc2)c2cc(C(C)(C)C)[nH]n2)c(C)c1. The van der Waals surface area contributed by atoms with Gasteiger partial charge in [0.25, 0.3) is 0 Å². The van der Waals surface area contributed by atoms with Crippen molar-refractivity contribution >= 4 is 17.6 Å². The summed E-state index contributed by atoms with van der Waals surface area (Å²) < 4.78 is 5.60. The number of aromatic nitrogens is 2. The molecule has 3 rings (SSSR count). The maximum absolute atomic E-state index is 13.1. The van der Waals surface area contributed by atoms with Crippen LogP contribution in [0, 0.1) is 13.8 Å². The second kappa shape index (κ2) is 7.27. The molecule has 140 valence electrons. The molecule has 0 spiro atoms. The van der Waals surface area contributed by atoms with Crippen LogP contribution in [0.15, 0.2) is 54.6 Å². The Balaban J connectivity index is 2.03. The number of rotatable bonds is 3. The molecule has 27 heavy (non-hydrogen) atoms. The van der Waals surface area contributed by atoms with E-state index in [-0.39, 0.29) is 5.41 Å². The number of nitrogens with zero attached hydrogens (tertiary/aromatic N) is 2. The lowest BCUT2D eigenvalue weighted by atomic mass is 9.92. The van der Waals surface area contributed by atoms with E-state index in [1.54, 1.807) is 12.1 Å². The molecular formula is C22H25N3O2. The third-order valence-electron chi connectivity index (χ3n) is 4.33. The van der Waals surface area contributed by atoms with Crippen molar-refractivity contribution < 1.29 is 9.53 Å². The highest BCUT2D eigenvalue weighted by molar-refractivity contribution is 5.97. The van der Waals surface area contributed by atoms with Gasteiger partial charge in [-0.2, -0.15) is 5.10 Å². The van der Waals surface area contributed by atoms with Gasteiger partial charge in [0.2, 0.25) is 0 Å². The summed E-state index contributed by atoms with van der Waals surface area (Å²) in [5.41, 5.74) is 3.68. The number of hydrogen-bond acceptors (Lipinski definition) is 3. The van der Waals surface area contributed by atoms with Crippen LogP contribution in [0.1, 0.15) is 37.6 Å². The zero-order valence-electron chi connectivity index (χ0n) is 16.4. The number of H-pyrrole nitrogens is 1. The van der Waals surface area contributed by atoms with Crippen LogP contribution >= 0.6 is 0 Å². The van der Waals surface area contributed by atoms with Crippen LogP contribution in [0.5, 0.6) is 5.75 Å². The molecule has 0 atom stereocenters. The predicted octanol–water partition coefficient (Wildman–Crippen LogP) is 5.66. The molecule has 3 aromatic rings. The lowest BCUT2D eigenvalue weighted by Gasteiger charge is -2.22. The second-order valence-corrected chi connectivity index (χ2v) is 7.70. The average Bonchev–Trinajstić information content (AvgIpc) is 3.08. The first kappa shape index (κ1) is 18.7. The average molecular weight is 363 g/mol. The minimum Gasteiger partial charge on any atom is -0.410 e. The number of amides is 1. The van der Waals surface area contributed by atoms with E-state index < -0.39 is 6.09 Å². The van der Waals surface area contributed by atoms with E-state index in [2.05, 4.69) is 31.0 Å². The monoisotopic (exact) mass is 363 g/mol. The summed E-state index contributed by atoms with van der Waals surface area (Å²) in [4.78, 5) is 14.6. The number of aryl methyl sites for hydroxylation is 2. The predicted molar refractivity (Wildman–Crippen MR) is 108 cm³/mol. The van der Waals surface area contributed by atoms with E-state index in [1.165, 1.54) is 4.90 Å². The fourth-order valence-corrected chi connectivity index (χ4v) is 2.82. The van der Waals surface area contributed by atoms with E-state index in [0.29, 0.717) is 11.6 Å². The lowest BCUT2D eigenvalue weighted by Crippen LogP contribution is -2.30. The first-order chi connectivity index (χ1) is 12.8. The Labute approximate surface area is 160 Å². The molecule has 0 aliphatic carbocycles. The number of aromatic amines is 1. The Morgan fingerprint density at radius 3 is 2.33 bits per heavy atom. The second-order valence-electron chi connectivity index (χ2n) is 7.70. The number of anilines is 2. The molecule has 0 fully saturated rings. The topological polar surface area (TPSA) is 58.2 Å². The van der Waals surface area contributed by atoms with E-state index in [4.69, 9.17) is 4.74 Å². The number of para-hydroxylation sites is 1. The van der Waals surface area contributed by atoms with Crippen molar-refractivity contribution in [2.75, 3.05) is 4.90 Å². The Bertz CT molecular complexity index is 940. The van der Waals surface area contributed by atoms with Crippen LogP contribution in [0.3, 0.4) is 0 Å². The third kappa shape index (κ3) is 4.19. The summed E-state index contributed by atoms with van der Waals surface area (Å²) in [6.07, 6.45) is -0.500. The number of carbonyl (C=O) groups is 1. The summed E-state index contributed by atoms with van der Waals surface area (Å²) in [5.74, 6) is 0.997. The number of nitrogens with one attached hydrogen (secondary N) is 1. The molecule has 0 aliphatic heterocycles. The van der Waals surface area contributed by atoms with Gasteiger partial charge in [-0.05, 0) is 37.6 Å². The molecule has 0 unspecified atom stereocenters. The van der Waals surface area contributed by atoms with Crippen molar-refractivity contribution in [3.63, 3.8) is 0 Å². The van der Waals surface area contributed by atoms with Crippen molar-refractivity contribution in [3.8, 4) is 5.75 Å². The van der Waals surface area contributed by atoms with Gasteiger partial charge >= 0.3 is 6.09 Å². The molecular weight excluding hydrogens is 338 g/mol. The maximum Gasteiger partial charge on any atom is 0.425 e. The van der Waals surface area contributed by atoms with Gasteiger partial charge in [0.15, 0.2) is 5.82 Å². The van der Waals surface area contributed by atoms with Gasteiger partial charge in [0.05, 0.1) is 5.69 Å². The van der Waals surface area contributed by atoms with Gasteiger partial charge in [-0.25, -0.2) is 9.69 Å². The molecule has 0 radical (unpaired) electrons. The molecule has 0 aliphatic rings. The summed E-state index contributed by atoms with van der Waals surface area (Å²) >= 11 is 0. The molecule has 1 aromatic heterocycles. The molecule has 2 aromatic carbocycles. The van der Waals surface area contributed by atoms with Crippen LogP contribution in [0.4, 0.5) is 16.3 Å². The number of benzene rings is 2. The minimum atomic E-state index is -0.500. The van der Waals surface area contributed by atoms with E-state index in [0.717, 1.165) is 22.5 Å². The van der Waals surface area contributed by atoms with E-state index in [1.807, 2.05) is 56.3 Å². The maximum atomic E-state index is 13.1. The molecule has 0 saturated heterocycles. The van der Waals surface area contributed by atoms with Gasteiger partial charge < -0.3 is 4.74 Å². The Morgan fingerprint density at radius 2 is 1.74 bits per heavy atom. The van der Waals surface area contributed by atoms with E-state index >= 15 is 0 Å². The number of carbonyl (C=O) groups excluding carboxylic acids is 1. The number of hydrogen-bond donors (Lipinski definition) is 1. The first-order valence-electron chi connectivity index (χ1n) is 8.96. The standard InChI is InChI=1S/C22H25N3O2/c1-15-11-12-18(16(2)13-15)25(20-14-19(23-24-20)22(3,4)5)21(26)27-17-9-7-6-8-10-17/h6-14H,1-5H3,(H,23,24). The number of ether oxygens (including phenoxy) is 1. The highest BCUT2D eigenvalue weighted by Crippen LogP contribution is 2.31. The highest BCUT2D eigenvalue weighted by Gasteiger charge is 2.26. The Morgan fingerprint density at radius 1 is 1.04 bits per heavy atom. The van der Waals surface area contributed by atoms with Crippen LogP contribution in [0.25, 0.3) is 0 Å². The first-order valence-corrected chi connectivity index (χ1v) is 8.96. The minimum absolute atomic E-state index is 0.109. The fraction of sp³-hybridized carbons (Fsp3) is 0.273. The normalized spacial score (nSPS) is 11.3. The summed E-state index contributed by atoms with van der Waals surface area (Å²) in [6.45, 7) is 10.3. The largest absolute Gasteiger partial charge is 0.425 e. The van der Waals surface area contributed by atoms with Crippen molar-refractivity contribution in [3.05, 3.63) is 71.4 Å². The van der Waals surface area contributed by atoms with Gasteiger partial charge in [-0.15, -0.1) is 0 Å². The molecule has 5 nitrogen and oxygen atoms in total. The molecule has 0 saturated carbocycles.